The highest BCUT2D eigenvalue weighted by Crippen LogP contribution is 2.50. The lowest BCUT2D eigenvalue weighted by molar-refractivity contribution is 0.0639. The molecule has 2 atom stereocenters. The number of hydrogen-bond acceptors (Lipinski definition) is 9. The molecule has 4 aromatic heterocycles. The zero-order valence-corrected chi connectivity index (χ0v) is 26.7. The minimum absolute atomic E-state index is 0.0252. The molecular formula is C36H36N6O3S. The van der Waals surface area contributed by atoms with Gasteiger partial charge in [0.05, 0.1) is 39.3 Å². The average molecular weight is 633 g/mol. The Kier molecular flexibility index (Phi) is 6.89. The Morgan fingerprint density at radius 1 is 1.04 bits per heavy atom. The third-order valence-corrected chi connectivity index (χ3v) is 11.5. The second kappa shape index (κ2) is 11.3. The first-order valence-corrected chi connectivity index (χ1v) is 17.4. The largest absolute Gasteiger partial charge is 0.421 e. The molecule has 7 heterocycles. The fourth-order valence-corrected chi connectivity index (χ4v) is 9.21. The number of thiophene rings is 1. The fraction of sp³-hybridized carbons (Fsp3) is 0.417. The van der Waals surface area contributed by atoms with Crippen LogP contribution >= 0.6 is 11.3 Å². The van der Waals surface area contributed by atoms with Crippen molar-refractivity contribution in [3.05, 3.63) is 76.6 Å². The predicted molar refractivity (Wildman–Crippen MR) is 177 cm³/mol. The van der Waals surface area contributed by atoms with Crippen LogP contribution in [0.4, 0.5) is 5.82 Å². The van der Waals surface area contributed by atoms with Crippen LogP contribution in [0.2, 0.25) is 0 Å². The smallest absolute Gasteiger partial charge is 0.257 e. The number of aryl methyl sites for hydroxylation is 3. The molecule has 1 N–H and O–H groups in total. The van der Waals surface area contributed by atoms with Gasteiger partial charge in [-0.05, 0) is 85.9 Å². The second-order valence-electron chi connectivity index (χ2n) is 13.1. The van der Waals surface area contributed by atoms with E-state index in [4.69, 9.17) is 19.1 Å². The number of amides is 1. The van der Waals surface area contributed by atoms with Crippen molar-refractivity contribution in [3.8, 4) is 21.9 Å². The van der Waals surface area contributed by atoms with Crippen molar-refractivity contribution in [2.75, 3.05) is 25.1 Å². The van der Waals surface area contributed by atoms with Crippen LogP contribution in [0, 0.1) is 12.8 Å². The van der Waals surface area contributed by atoms with E-state index in [-0.39, 0.29) is 18.0 Å². The highest BCUT2D eigenvalue weighted by atomic mass is 32.1. The number of aromatic nitrogens is 4. The van der Waals surface area contributed by atoms with Gasteiger partial charge >= 0.3 is 0 Å². The Labute approximate surface area is 271 Å². The maximum Gasteiger partial charge on any atom is 0.257 e. The number of anilines is 1. The van der Waals surface area contributed by atoms with Crippen molar-refractivity contribution in [1.29, 1.82) is 0 Å². The molecule has 2 fully saturated rings. The highest BCUT2D eigenvalue weighted by molar-refractivity contribution is 7.23. The number of pyridine rings is 2. The quantitative estimate of drug-likeness (QED) is 0.197. The highest BCUT2D eigenvalue weighted by Gasteiger charge is 2.45. The number of nitrogens with zero attached hydrogens (tertiary/aromatic N) is 5. The van der Waals surface area contributed by atoms with Gasteiger partial charge in [-0.15, -0.1) is 21.5 Å². The summed E-state index contributed by atoms with van der Waals surface area (Å²) in [6.07, 6.45) is 9.83. The summed E-state index contributed by atoms with van der Waals surface area (Å²) in [5.74, 6) is 2.45. The van der Waals surface area contributed by atoms with Crippen molar-refractivity contribution >= 4 is 33.1 Å². The average Bonchev–Trinajstić information content (AvgIpc) is 3.92. The van der Waals surface area contributed by atoms with Crippen molar-refractivity contribution in [2.45, 2.75) is 70.4 Å². The fourth-order valence-electron chi connectivity index (χ4n) is 8.04. The van der Waals surface area contributed by atoms with E-state index in [1.54, 1.807) is 11.3 Å². The van der Waals surface area contributed by atoms with Crippen LogP contribution in [0.25, 0.3) is 32.0 Å². The molecule has 1 amide bonds. The van der Waals surface area contributed by atoms with E-state index in [2.05, 4.69) is 51.9 Å². The molecule has 0 spiro atoms. The van der Waals surface area contributed by atoms with Crippen LogP contribution in [0.5, 0.6) is 0 Å². The first kappa shape index (κ1) is 28.1. The number of rotatable bonds is 7. The lowest BCUT2D eigenvalue weighted by atomic mass is 9.90. The van der Waals surface area contributed by atoms with E-state index in [9.17, 15) is 4.79 Å². The van der Waals surface area contributed by atoms with Crippen molar-refractivity contribution in [3.63, 3.8) is 0 Å². The number of ether oxygens (including phenoxy) is 1. The standard InChI is InChI=1S/C36H36N6O3S/c1-20-40-41-35(45-20)29-26(10-8-21-13-17-44-18-14-21)38-32-27-7-4-16-42(27)36(43)31(32)30(29)28-19-23-12-15-37-34(33(23)46-28)39-25-11-9-22-5-2-3-6-24(22)25/h2-3,5-6,12,15,19,21,25,27H,4,7-11,13-14,16-18H2,1H3,(H,37,39). The summed E-state index contributed by atoms with van der Waals surface area (Å²) >= 11 is 1.68. The zero-order valence-electron chi connectivity index (χ0n) is 25.9. The summed E-state index contributed by atoms with van der Waals surface area (Å²) in [6, 6.07) is 13.2. The monoisotopic (exact) mass is 632 g/mol. The molecule has 46 heavy (non-hydrogen) atoms. The number of carbonyl (C=O) groups is 1. The van der Waals surface area contributed by atoms with E-state index in [1.807, 2.05) is 18.0 Å². The SMILES string of the molecule is Cc1nnc(-c2c(CCC3CCOCC3)nc3c(c2-c2cc4ccnc(NC5CCc6ccccc65)c4s2)C(=O)N2CCCC32)o1. The molecule has 3 aliphatic heterocycles. The molecule has 9 rings (SSSR count). The van der Waals surface area contributed by atoms with Crippen molar-refractivity contribution < 1.29 is 13.9 Å². The molecule has 0 bridgehead atoms. The molecule has 0 saturated carbocycles. The topological polar surface area (TPSA) is 106 Å². The number of nitrogens with one attached hydrogen (secondary N) is 1. The molecule has 5 aromatic rings. The van der Waals surface area contributed by atoms with E-state index < -0.39 is 0 Å². The predicted octanol–water partition coefficient (Wildman–Crippen LogP) is 7.47. The summed E-state index contributed by atoms with van der Waals surface area (Å²) in [7, 11) is 0. The van der Waals surface area contributed by atoms with Crippen LogP contribution in [0.1, 0.15) is 89.4 Å². The number of carbonyl (C=O) groups excluding carboxylic acids is 1. The Bertz CT molecular complexity index is 1980. The third kappa shape index (κ3) is 4.64. The summed E-state index contributed by atoms with van der Waals surface area (Å²) < 4.78 is 12.9. The summed E-state index contributed by atoms with van der Waals surface area (Å²) in [5, 5.41) is 13.6. The molecule has 9 nitrogen and oxygen atoms in total. The molecule has 4 aliphatic rings. The van der Waals surface area contributed by atoms with Crippen LogP contribution < -0.4 is 5.32 Å². The summed E-state index contributed by atoms with van der Waals surface area (Å²) in [6.45, 7) is 4.20. The van der Waals surface area contributed by atoms with E-state index >= 15 is 0 Å². The normalized spacial score (nSPS) is 20.8. The number of hydrogen-bond donors (Lipinski definition) is 1. The lowest BCUT2D eigenvalue weighted by Gasteiger charge is -2.22. The summed E-state index contributed by atoms with van der Waals surface area (Å²) in [5.41, 5.74) is 6.99. The van der Waals surface area contributed by atoms with Crippen LogP contribution in [-0.4, -0.2) is 50.7 Å². The molecule has 2 saturated heterocycles. The number of benzene rings is 1. The maximum atomic E-state index is 14.2. The van der Waals surface area contributed by atoms with Gasteiger partial charge in [0, 0.05) is 43.3 Å². The second-order valence-corrected chi connectivity index (χ2v) is 14.1. The van der Waals surface area contributed by atoms with E-state index in [1.165, 1.54) is 11.1 Å². The third-order valence-electron chi connectivity index (χ3n) is 10.3. The van der Waals surface area contributed by atoms with E-state index in [0.29, 0.717) is 23.3 Å². The van der Waals surface area contributed by atoms with Gasteiger partial charge in [0.25, 0.3) is 5.91 Å². The van der Waals surface area contributed by atoms with Gasteiger partial charge in [0.2, 0.25) is 11.8 Å². The Morgan fingerprint density at radius 2 is 1.93 bits per heavy atom. The van der Waals surface area contributed by atoms with Gasteiger partial charge in [0.15, 0.2) is 0 Å². The Hall–Kier alpha value is -4.15. The van der Waals surface area contributed by atoms with Gasteiger partial charge in [0.1, 0.15) is 5.82 Å². The van der Waals surface area contributed by atoms with Crippen molar-refractivity contribution in [2.24, 2.45) is 5.92 Å². The number of fused-ring (bicyclic) bond motifs is 5. The van der Waals surface area contributed by atoms with E-state index in [0.717, 1.165) is 114 Å². The first-order valence-electron chi connectivity index (χ1n) is 16.6. The van der Waals surface area contributed by atoms with Crippen LogP contribution in [-0.2, 0) is 17.6 Å². The summed E-state index contributed by atoms with van der Waals surface area (Å²) in [4.78, 5) is 27.4. The molecule has 0 radical (unpaired) electrons. The molecule has 10 heteroatoms. The Balaban J connectivity index is 1.20. The molecule has 1 aromatic carbocycles. The minimum Gasteiger partial charge on any atom is -0.421 e. The van der Waals surface area contributed by atoms with Gasteiger partial charge in [-0.3, -0.25) is 9.78 Å². The van der Waals surface area contributed by atoms with Crippen LogP contribution in [0.3, 0.4) is 0 Å². The van der Waals surface area contributed by atoms with Gasteiger partial charge in [-0.2, -0.15) is 0 Å². The molecule has 2 unspecified atom stereocenters. The molecule has 1 aliphatic carbocycles. The van der Waals surface area contributed by atoms with Crippen LogP contribution in [0.15, 0.2) is 47.0 Å². The molecular weight excluding hydrogens is 597 g/mol. The Morgan fingerprint density at radius 3 is 2.80 bits per heavy atom. The van der Waals surface area contributed by atoms with Gasteiger partial charge in [-0.25, -0.2) is 4.98 Å². The van der Waals surface area contributed by atoms with Gasteiger partial charge < -0.3 is 19.4 Å². The lowest BCUT2D eigenvalue weighted by Crippen LogP contribution is -2.22. The minimum atomic E-state index is 0.0252. The maximum absolute atomic E-state index is 14.2. The zero-order chi connectivity index (χ0) is 30.8. The first-order chi connectivity index (χ1) is 22.6. The van der Waals surface area contributed by atoms with Crippen molar-refractivity contribution in [1.82, 2.24) is 25.1 Å². The van der Waals surface area contributed by atoms with Gasteiger partial charge in [-0.1, -0.05) is 24.3 Å². The molecule has 234 valence electrons.